The number of carbonyl (C=O) groups is 4. The highest BCUT2D eigenvalue weighted by Gasteiger charge is 2.50. The molecule has 5 fully saturated rings. The molecule has 2 N–H and O–H groups in total. The first kappa shape index (κ1) is 30.0. The lowest BCUT2D eigenvalue weighted by Gasteiger charge is -2.43. The Hall–Kier alpha value is -3.08. The maximum atomic E-state index is 12.8. The Kier molecular flexibility index (Phi) is 8.71. The normalized spacial score (nSPS) is 26.6. The first-order valence-corrected chi connectivity index (χ1v) is 16.0. The van der Waals surface area contributed by atoms with Gasteiger partial charge in [-0.3, -0.25) is 24.5 Å². The number of hydrogen-bond donors (Lipinski definition) is 2. The van der Waals surface area contributed by atoms with Crippen LogP contribution in [0.1, 0.15) is 86.6 Å². The molecule has 0 bridgehead atoms. The number of halogens is 2. The van der Waals surface area contributed by atoms with Gasteiger partial charge in [0.1, 0.15) is 11.8 Å². The van der Waals surface area contributed by atoms with Crippen molar-refractivity contribution in [3.8, 4) is 5.75 Å². The minimum atomic E-state index is -2.59. The highest BCUT2D eigenvalue weighted by molar-refractivity contribution is 6.05. The van der Waals surface area contributed by atoms with Crippen molar-refractivity contribution in [1.29, 1.82) is 0 Å². The number of amides is 4. The molecule has 9 nitrogen and oxygen atoms in total. The molecule has 0 spiro atoms. The highest BCUT2D eigenvalue weighted by atomic mass is 19.3. The molecule has 7 rings (SSSR count). The fraction of sp³-hybridized carbons (Fsp3) is 0.688. The minimum Gasteiger partial charge on any atom is -0.490 e. The average Bonchev–Trinajstić information content (AvgIpc) is 3.27. The number of likely N-dealkylation sites (tertiary alicyclic amines) is 1. The number of rotatable bonds is 5. The average molecular weight is 601 g/mol. The Morgan fingerprint density at radius 1 is 0.930 bits per heavy atom. The van der Waals surface area contributed by atoms with E-state index in [-0.39, 0.29) is 49.0 Å². The van der Waals surface area contributed by atoms with Crippen molar-refractivity contribution in [2.75, 3.05) is 26.2 Å². The van der Waals surface area contributed by atoms with Crippen LogP contribution in [0.4, 0.5) is 8.78 Å². The zero-order chi connectivity index (χ0) is 30.1. The van der Waals surface area contributed by atoms with E-state index in [0.29, 0.717) is 18.5 Å². The van der Waals surface area contributed by atoms with E-state index in [2.05, 4.69) is 10.6 Å². The molecule has 1 aromatic carbocycles. The maximum absolute atomic E-state index is 12.8. The Balaban J connectivity index is 0.000000162. The van der Waals surface area contributed by atoms with Gasteiger partial charge >= 0.3 is 0 Å². The number of ether oxygens (including phenoxy) is 1. The zero-order valence-electron chi connectivity index (χ0n) is 24.6. The SMILES string of the molecule is O=C(C1CC(F)(F)C1)N1CCC(C2CNC2)CC1.O=C1CCC(N2Cc3cc(OC4CCCCC4)ccc3C2=O)C(=O)N1. The Labute approximate surface area is 251 Å². The molecule has 4 aliphatic heterocycles. The largest absolute Gasteiger partial charge is 0.490 e. The van der Waals surface area contributed by atoms with Gasteiger partial charge in [0.25, 0.3) is 5.91 Å². The molecule has 234 valence electrons. The van der Waals surface area contributed by atoms with E-state index in [4.69, 9.17) is 4.74 Å². The monoisotopic (exact) mass is 600 g/mol. The van der Waals surface area contributed by atoms with Crippen molar-refractivity contribution in [1.82, 2.24) is 20.4 Å². The van der Waals surface area contributed by atoms with Gasteiger partial charge in [-0.25, -0.2) is 8.78 Å². The predicted molar refractivity (Wildman–Crippen MR) is 153 cm³/mol. The van der Waals surface area contributed by atoms with Crippen molar-refractivity contribution in [2.45, 2.75) is 95.2 Å². The van der Waals surface area contributed by atoms with Crippen LogP contribution in [0.3, 0.4) is 0 Å². The van der Waals surface area contributed by atoms with Crippen LogP contribution in [0, 0.1) is 17.8 Å². The van der Waals surface area contributed by atoms with Crippen LogP contribution in [-0.2, 0) is 20.9 Å². The summed E-state index contributed by atoms with van der Waals surface area (Å²) >= 11 is 0. The molecule has 0 radical (unpaired) electrons. The van der Waals surface area contributed by atoms with Gasteiger partial charge in [0.05, 0.1) is 6.10 Å². The summed E-state index contributed by atoms with van der Waals surface area (Å²) in [4.78, 5) is 51.4. The number of piperidine rings is 2. The van der Waals surface area contributed by atoms with Gasteiger partial charge in [-0.05, 0) is 93.6 Å². The van der Waals surface area contributed by atoms with E-state index < -0.39 is 17.9 Å². The van der Waals surface area contributed by atoms with E-state index in [9.17, 15) is 28.0 Å². The Morgan fingerprint density at radius 3 is 2.28 bits per heavy atom. The van der Waals surface area contributed by atoms with Crippen LogP contribution in [0.5, 0.6) is 5.75 Å². The molecule has 2 saturated carbocycles. The van der Waals surface area contributed by atoms with Crippen molar-refractivity contribution in [3.05, 3.63) is 29.3 Å². The van der Waals surface area contributed by atoms with Gasteiger partial charge < -0.3 is 19.9 Å². The third-order valence-corrected chi connectivity index (χ3v) is 10.1. The fourth-order valence-corrected chi connectivity index (χ4v) is 7.33. The molecular formula is C32H42F2N4O5. The molecular weight excluding hydrogens is 558 g/mol. The summed E-state index contributed by atoms with van der Waals surface area (Å²) < 4.78 is 31.6. The van der Waals surface area contributed by atoms with E-state index in [0.717, 1.165) is 75.0 Å². The highest BCUT2D eigenvalue weighted by Crippen LogP contribution is 2.43. The van der Waals surface area contributed by atoms with E-state index in [1.165, 1.54) is 19.3 Å². The van der Waals surface area contributed by atoms with Crippen LogP contribution in [0.25, 0.3) is 0 Å². The van der Waals surface area contributed by atoms with Gasteiger partial charge in [0.15, 0.2) is 0 Å². The van der Waals surface area contributed by atoms with Gasteiger partial charge in [-0.1, -0.05) is 6.42 Å². The number of carbonyl (C=O) groups excluding carboxylic acids is 4. The van der Waals surface area contributed by atoms with Crippen molar-refractivity contribution in [2.24, 2.45) is 17.8 Å². The van der Waals surface area contributed by atoms with E-state index in [1.807, 2.05) is 17.0 Å². The quantitative estimate of drug-likeness (QED) is 0.500. The number of benzene rings is 1. The van der Waals surface area contributed by atoms with Crippen LogP contribution >= 0.6 is 0 Å². The van der Waals surface area contributed by atoms with Crippen LogP contribution in [0.15, 0.2) is 18.2 Å². The topological polar surface area (TPSA) is 108 Å². The third kappa shape index (κ3) is 6.71. The molecule has 43 heavy (non-hydrogen) atoms. The van der Waals surface area contributed by atoms with Gasteiger partial charge in [0, 0.05) is 50.4 Å². The second kappa shape index (κ2) is 12.5. The van der Waals surface area contributed by atoms with Gasteiger partial charge in [-0.15, -0.1) is 0 Å². The summed E-state index contributed by atoms with van der Waals surface area (Å²) in [6.45, 7) is 4.13. The summed E-state index contributed by atoms with van der Waals surface area (Å²) in [5.74, 6) is -1.54. The summed E-state index contributed by atoms with van der Waals surface area (Å²) in [6.07, 6.45) is 8.38. The summed E-state index contributed by atoms with van der Waals surface area (Å²) in [5, 5.41) is 5.60. The van der Waals surface area contributed by atoms with E-state index in [1.54, 1.807) is 11.0 Å². The molecule has 1 unspecified atom stereocenters. The lowest BCUT2D eigenvalue weighted by molar-refractivity contribution is -0.161. The van der Waals surface area contributed by atoms with Crippen molar-refractivity contribution in [3.63, 3.8) is 0 Å². The molecule has 3 saturated heterocycles. The smallest absolute Gasteiger partial charge is 0.255 e. The first-order valence-electron chi connectivity index (χ1n) is 16.0. The fourth-order valence-electron chi connectivity index (χ4n) is 7.33. The van der Waals surface area contributed by atoms with Crippen molar-refractivity contribution < 1.29 is 32.7 Å². The molecule has 6 aliphatic rings. The molecule has 4 heterocycles. The predicted octanol–water partition coefficient (Wildman–Crippen LogP) is 3.65. The standard InChI is InChI=1S/C19H22N2O4.C13H20F2N2O/c22-17-9-8-16(18(23)20-17)21-11-12-10-14(6-7-15(12)19(21)24)25-13-4-2-1-3-5-13;14-13(15)5-10(6-13)12(18)17-3-1-9(2-4-17)11-7-16-8-11/h6-7,10,13,16H,1-5,8-9,11H2,(H,20,22,23);9-11,16H,1-8H2. The van der Waals surface area contributed by atoms with Crippen LogP contribution in [-0.4, -0.2) is 77.7 Å². The molecule has 1 aromatic rings. The molecule has 4 amide bonds. The maximum Gasteiger partial charge on any atom is 0.255 e. The van der Waals surface area contributed by atoms with E-state index >= 15 is 0 Å². The summed E-state index contributed by atoms with van der Waals surface area (Å²) in [7, 11) is 0. The number of imide groups is 1. The summed E-state index contributed by atoms with van der Waals surface area (Å²) in [6, 6.07) is 5.00. The van der Waals surface area contributed by atoms with Crippen LogP contribution in [0.2, 0.25) is 0 Å². The first-order chi connectivity index (χ1) is 20.7. The molecule has 2 aliphatic carbocycles. The lowest BCUT2D eigenvalue weighted by atomic mass is 9.78. The molecule has 0 aromatic heterocycles. The molecule has 11 heteroatoms. The third-order valence-electron chi connectivity index (χ3n) is 10.1. The number of fused-ring (bicyclic) bond motifs is 1. The van der Waals surface area contributed by atoms with Crippen molar-refractivity contribution >= 4 is 23.6 Å². The van der Waals surface area contributed by atoms with Gasteiger partial charge in [-0.2, -0.15) is 0 Å². The Bertz CT molecular complexity index is 1230. The van der Waals surface area contributed by atoms with Crippen LogP contribution < -0.4 is 15.4 Å². The lowest BCUT2D eigenvalue weighted by Crippen LogP contribution is -2.52. The molecule has 1 atom stereocenters. The minimum absolute atomic E-state index is 0.0360. The summed E-state index contributed by atoms with van der Waals surface area (Å²) in [5.41, 5.74) is 1.52. The number of nitrogens with one attached hydrogen (secondary N) is 2. The van der Waals surface area contributed by atoms with Gasteiger partial charge in [0.2, 0.25) is 23.6 Å². The Morgan fingerprint density at radius 2 is 1.65 bits per heavy atom. The zero-order valence-corrected chi connectivity index (χ0v) is 24.6. The second-order valence-electron chi connectivity index (χ2n) is 13.1. The number of nitrogens with zero attached hydrogens (tertiary/aromatic N) is 2. The second-order valence-corrected chi connectivity index (χ2v) is 13.1. The number of hydrogen-bond acceptors (Lipinski definition) is 6. The number of alkyl halides is 2.